The maximum atomic E-state index is 4.72. The van der Waals surface area contributed by atoms with Crippen LogP contribution in [0.2, 0.25) is 0 Å². The van der Waals surface area contributed by atoms with Crippen LogP contribution in [-0.4, -0.2) is 10.1 Å². The molecule has 0 spiro atoms. The molecule has 1 nitrogen and oxygen atoms in total. The minimum absolute atomic E-state index is 0.656. The first kappa shape index (κ1) is 8.89. The van der Waals surface area contributed by atoms with Gasteiger partial charge in [0.2, 0.25) is 0 Å². The van der Waals surface area contributed by atoms with Crippen molar-refractivity contribution in [2.24, 2.45) is 10.9 Å². The number of aliphatic imine (C=N–C) groups is 1. The molecule has 1 aromatic carbocycles. The number of nitrogens with zero attached hydrogens (tertiary/aromatic N) is 1. The van der Waals surface area contributed by atoms with Gasteiger partial charge in [-0.3, -0.25) is 4.99 Å². The number of benzene rings is 1. The maximum absolute atomic E-state index is 4.72. The molecule has 72 valence electrons. The molecule has 0 N–H and O–H groups in total. The third-order valence-electron chi connectivity index (χ3n) is 3.13. The lowest BCUT2D eigenvalue weighted by Gasteiger charge is -2.11. The molecule has 0 saturated heterocycles. The van der Waals surface area contributed by atoms with E-state index in [1.54, 1.807) is 0 Å². The summed E-state index contributed by atoms with van der Waals surface area (Å²) in [4.78, 5) is 4.72. The van der Waals surface area contributed by atoms with Crippen molar-refractivity contribution in [3.8, 4) is 0 Å². The largest absolute Gasteiger partial charge is 0.256 e. The Morgan fingerprint density at radius 1 is 1.29 bits per heavy atom. The van der Waals surface area contributed by atoms with Gasteiger partial charge in [-0.05, 0) is 30.4 Å². The van der Waals surface area contributed by atoms with Crippen LogP contribution < -0.4 is 0 Å². The van der Waals surface area contributed by atoms with Gasteiger partial charge in [-0.2, -0.15) is 0 Å². The number of rotatable bonds is 2. The normalized spacial score (nSPS) is 24.6. The SMILES string of the molecule is ICC1=Nc2ccccc2C1C1CC1. The molecule has 1 aliphatic carbocycles. The summed E-state index contributed by atoms with van der Waals surface area (Å²) in [7, 11) is 0. The molecule has 1 heterocycles. The van der Waals surface area contributed by atoms with Gasteiger partial charge in [0.15, 0.2) is 0 Å². The monoisotopic (exact) mass is 297 g/mol. The van der Waals surface area contributed by atoms with Crippen LogP contribution in [0.1, 0.15) is 24.3 Å². The van der Waals surface area contributed by atoms with Crippen LogP contribution in [0.15, 0.2) is 29.3 Å². The Balaban J connectivity index is 2.06. The van der Waals surface area contributed by atoms with Crippen LogP contribution in [0, 0.1) is 5.92 Å². The van der Waals surface area contributed by atoms with E-state index in [9.17, 15) is 0 Å². The molecule has 14 heavy (non-hydrogen) atoms. The second-order valence-electron chi connectivity index (χ2n) is 4.11. The van der Waals surface area contributed by atoms with Gasteiger partial charge in [-0.15, -0.1) is 0 Å². The molecule has 0 bridgehead atoms. The first-order valence-electron chi connectivity index (χ1n) is 5.12. The summed E-state index contributed by atoms with van der Waals surface area (Å²) in [5.74, 6) is 1.55. The third kappa shape index (κ3) is 1.31. The van der Waals surface area contributed by atoms with Crippen LogP contribution in [-0.2, 0) is 0 Å². The average Bonchev–Trinajstić information content (AvgIpc) is 2.98. The fourth-order valence-electron chi connectivity index (χ4n) is 2.32. The first-order valence-corrected chi connectivity index (χ1v) is 6.65. The Morgan fingerprint density at radius 2 is 2.07 bits per heavy atom. The van der Waals surface area contributed by atoms with Crippen molar-refractivity contribution < 1.29 is 0 Å². The van der Waals surface area contributed by atoms with Gasteiger partial charge >= 0.3 is 0 Å². The Morgan fingerprint density at radius 3 is 2.79 bits per heavy atom. The van der Waals surface area contributed by atoms with Crippen LogP contribution in [0.4, 0.5) is 5.69 Å². The summed E-state index contributed by atoms with van der Waals surface area (Å²) in [6, 6.07) is 8.62. The standard InChI is InChI=1S/C12H12IN/c13-7-11-12(8-5-6-8)9-3-1-2-4-10(9)14-11/h1-4,8,12H,5-7H2. The highest BCUT2D eigenvalue weighted by molar-refractivity contribution is 14.1. The minimum atomic E-state index is 0.656. The number of hydrogen-bond donors (Lipinski definition) is 0. The van der Waals surface area contributed by atoms with Crippen molar-refractivity contribution in [3.63, 3.8) is 0 Å². The van der Waals surface area contributed by atoms with Gasteiger partial charge in [0.25, 0.3) is 0 Å². The molecule has 1 fully saturated rings. The number of fused-ring (bicyclic) bond motifs is 1. The molecule has 1 saturated carbocycles. The second kappa shape index (κ2) is 3.33. The van der Waals surface area contributed by atoms with Crippen molar-refractivity contribution in [1.82, 2.24) is 0 Å². The quantitative estimate of drug-likeness (QED) is 0.583. The molecule has 2 heteroatoms. The predicted molar refractivity (Wildman–Crippen MR) is 67.9 cm³/mol. The van der Waals surface area contributed by atoms with E-state index in [2.05, 4.69) is 46.9 Å². The zero-order chi connectivity index (χ0) is 9.54. The van der Waals surface area contributed by atoms with Crippen LogP contribution in [0.25, 0.3) is 0 Å². The van der Waals surface area contributed by atoms with Crippen molar-refractivity contribution in [2.45, 2.75) is 18.8 Å². The van der Waals surface area contributed by atoms with Crippen LogP contribution in [0.5, 0.6) is 0 Å². The molecule has 3 rings (SSSR count). The van der Waals surface area contributed by atoms with E-state index >= 15 is 0 Å². The number of alkyl halides is 1. The van der Waals surface area contributed by atoms with E-state index in [1.807, 2.05) is 0 Å². The number of hydrogen-bond acceptors (Lipinski definition) is 1. The van der Waals surface area contributed by atoms with E-state index in [0.717, 1.165) is 10.3 Å². The van der Waals surface area contributed by atoms with Crippen molar-refractivity contribution in [1.29, 1.82) is 0 Å². The summed E-state index contributed by atoms with van der Waals surface area (Å²) in [5.41, 5.74) is 4.09. The highest BCUT2D eigenvalue weighted by atomic mass is 127. The molecule has 0 amide bonds. The van der Waals surface area contributed by atoms with E-state index in [1.165, 1.54) is 29.8 Å². The zero-order valence-electron chi connectivity index (χ0n) is 7.91. The van der Waals surface area contributed by atoms with E-state index in [4.69, 9.17) is 4.99 Å². The lowest BCUT2D eigenvalue weighted by molar-refractivity contribution is 0.776. The zero-order valence-corrected chi connectivity index (χ0v) is 10.1. The lowest BCUT2D eigenvalue weighted by Crippen LogP contribution is -2.11. The summed E-state index contributed by atoms with van der Waals surface area (Å²) >= 11 is 2.43. The van der Waals surface area contributed by atoms with Crippen molar-refractivity contribution >= 4 is 34.0 Å². The molecule has 1 aromatic rings. The fourth-order valence-corrected chi connectivity index (χ4v) is 2.97. The average molecular weight is 297 g/mol. The molecule has 0 radical (unpaired) electrons. The van der Waals surface area contributed by atoms with E-state index in [0.29, 0.717) is 5.92 Å². The number of para-hydroxylation sites is 1. The summed E-state index contributed by atoms with van der Waals surface area (Å²) in [5, 5.41) is 0. The molecule has 2 aliphatic rings. The Hall–Kier alpha value is -0.380. The molecule has 0 aromatic heterocycles. The van der Waals surface area contributed by atoms with Gasteiger partial charge in [0, 0.05) is 16.1 Å². The smallest absolute Gasteiger partial charge is 0.0668 e. The van der Waals surface area contributed by atoms with Gasteiger partial charge in [0.1, 0.15) is 0 Å². The van der Waals surface area contributed by atoms with Gasteiger partial charge in [-0.1, -0.05) is 40.8 Å². The Labute approximate surface area is 97.8 Å². The Kier molecular flexibility index (Phi) is 2.11. The topological polar surface area (TPSA) is 12.4 Å². The van der Waals surface area contributed by atoms with Gasteiger partial charge < -0.3 is 0 Å². The molecule has 1 aliphatic heterocycles. The first-order chi connectivity index (χ1) is 6.90. The van der Waals surface area contributed by atoms with Crippen LogP contribution in [0.3, 0.4) is 0 Å². The Bertz CT molecular complexity index is 393. The third-order valence-corrected chi connectivity index (χ3v) is 3.91. The van der Waals surface area contributed by atoms with Crippen molar-refractivity contribution in [2.75, 3.05) is 4.43 Å². The molecular formula is C12H12IN. The predicted octanol–water partition coefficient (Wildman–Crippen LogP) is 3.70. The highest BCUT2D eigenvalue weighted by Crippen LogP contribution is 2.49. The summed E-state index contributed by atoms with van der Waals surface area (Å²) in [6.45, 7) is 0. The van der Waals surface area contributed by atoms with E-state index in [-0.39, 0.29) is 0 Å². The van der Waals surface area contributed by atoms with Crippen LogP contribution >= 0.6 is 22.6 Å². The molecule has 1 atom stereocenters. The summed E-state index contributed by atoms with van der Waals surface area (Å²) in [6.07, 6.45) is 2.79. The maximum Gasteiger partial charge on any atom is 0.0668 e. The van der Waals surface area contributed by atoms with Gasteiger partial charge in [-0.25, -0.2) is 0 Å². The van der Waals surface area contributed by atoms with Crippen molar-refractivity contribution in [3.05, 3.63) is 29.8 Å². The van der Waals surface area contributed by atoms with E-state index < -0.39 is 0 Å². The molecule has 1 unspecified atom stereocenters. The van der Waals surface area contributed by atoms with Gasteiger partial charge in [0.05, 0.1) is 5.69 Å². The summed E-state index contributed by atoms with van der Waals surface area (Å²) < 4.78 is 1.08. The fraction of sp³-hybridized carbons (Fsp3) is 0.417. The second-order valence-corrected chi connectivity index (χ2v) is 4.87. The molecular weight excluding hydrogens is 285 g/mol. The highest BCUT2D eigenvalue weighted by Gasteiger charge is 2.38. The number of halogens is 1. The minimum Gasteiger partial charge on any atom is -0.256 e. The lowest BCUT2D eigenvalue weighted by atomic mass is 9.92.